The fourth-order valence-corrected chi connectivity index (χ4v) is 14.9. The average Bonchev–Trinajstić information content (AvgIpc) is 1.31. The van der Waals surface area contributed by atoms with Crippen molar-refractivity contribution in [3.8, 4) is 0 Å². The molecule has 24 nitrogen and oxygen atoms in total. The number of likely N-dealkylation sites (tertiary alicyclic amines) is 2. The van der Waals surface area contributed by atoms with Gasteiger partial charge in [-0.2, -0.15) is 0 Å². The number of carbonyl (C=O) groups excluding carboxylic acids is 11. The number of nitrogens with one attached hydrogen (secondary N) is 1. The summed E-state index contributed by atoms with van der Waals surface area (Å²) >= 11 is 0. The number of benzene rings is 2. The summed E-state index contributed by atoms with van der Waals surface area (Å²) in [6.07, 6.45) is 5.37. The van der Waals surface area contributed by atoms with Crippen molar-refractivity contribution >= 4 is 70.8 Å². The van der Waals surface area contributed by atoms with Crippen LogP contribution >= 0.6 is 0 Å². The normalized spacial score (nSPS) is 19.0. The first-order valence-electron chi connectivity index (χ1n) is 35.8. The van der Waals surface area contributed by atoms with Gasteiger partial charge < -0.3 is 60.3 Å². The van der Waals surface area contributed by atoms with Gasteiger partial charge in [-0.1, -0.05) is 89.6 Å². The molecule has 4 N–H and O–H groups in total. The van der Waals surface area contributed by atoms with Crippen molar-refractivity contribution in [2.24, 2.45) is 29.4 Å². The molecule has 0 aromatic heterocycles. The van der Waals surface area contributed by atoms with Gasteiger partial charge in [0.15, 0.2) is 5.78 Å². The Labute approximate surface area is 589 Å². The van der Waals surface area contributed by atoms with Crippen LogP contribution in [0.2, 0.25) is 0 Å². The van der Waals surface area contributed by atoms with Crippen LogP contribution in [0.25, 0.3) is 0 Å². The molecular weight excluding hydrogens is 1290 g/mol. The molecule has 2 saturated carbocycles. The summed E-state index contributed by atoms with van der Waals surface area (Å²) in [7, 11) is 10.2. The number of rotatable bonds is 33. The van der Waals surface area contributed by atoms with E-state index in [9.17, 15) is 61.8 Å². The second-order valence-corrected chi connectivity index (χ2v) is 29.3. The number of aryl methyl sites for hydroxylation is 2. The van der Waals surface area contributed by atoms with Crippen molar-refractivity contribution in [3.63, 3.8) is 0 Å². The lowest BCUT2D eigenvalue weighted by Gasteiger charge is -2.45. The summed E-state index contributed by atoms with van der Waals surface area (Å²) in [5, 5.41) is 12.6. The third-order valence-corrected chi connectivity index (χ3v) is 21.7. The number of Topliss-reactive ketones (excluding diaryl/α,β-unsaturated/α-hetero) is 1. The summed E-state index contributed by atoms with van der Waals surface area (Å²) in [6.45, 7) is 13.8. The third kappa shape index (κ3) is 19.2. The minimum atomic E-state index is -1.46. The molecule has 6 rings (SSSR count). The SMILES string of the molecule is CC[C@H](C)[C@H](CC(=O)[C@H](CC(C)C)N(C)C(=O)C[C@@H](C(=O)N(C)C)N(C)C(=O)[C@H](C1CCCC1)N(C)C(=O)C1(NC(=O)[C@@H]2CCCN2C(=O)[C@@H](N)CCc2cc(F)c(C)c(F)c2)CCCC1)C(=O)N(C)[C@@H](C)C(=O)N1CC[C@H]1C(=O)N(CC)[C@@H](Cc1ccc(C)cc1)C(=O)N(C)CC(=O)O. The van der Waals surface area contributed by atoms with Crippen molar-refractivity contribution < 1.29 is 71.4 Å². The number of carbonyl (C=O) groups is 12. The minimum absolute atomic E-state index is 0.0572. The van der Waals surface area contributed by atoms with Gasteiger partial charge in [-0.05, 0) is 133 Å². The van der Waals surface area contributed by atoms with Crippen LogP contribution in [0.5, 0.6) is 0 Å². The molecule has 100 heavy (non-hydrogen) atoms. The van der Waals surface area contributed by atoms with E-state index in [1.807, 2.05) is 58.9 Å². The van der Waals surface area contributed by atoms with Crippen LogP contribution < -0.4 is 11.1 Å². The molecule has 0 bridgehead atoms. The molecule has 2 aromatic rings. The van der Waals surface area contributed by atoms with E-state index < -0.39 is 161 Å². The number of hydrogen-bond donors (Lipinski definition) is 3. The summed E-state index contributed by atoms with van der Waals surface area (Å²) in [6, 6.07) is 0.937. The van der Waals surface area contributed by atoms with E-state index in [1.165, 1.54) is 108 Å². The van der Waals surface area contributed by atoms with Crippen molar-refractivity contribution in [2.45, 2.75) is 225 Å². The summed E-state index contributed by atoms with van der Waals surface area (Å²) < 4.78 is 28.7. The van der Waals surface area contributed by atoms with Crippen LogP contribution in [0, 0.1) is 49.2 Å². The number of hydrogen-bond acceptors (Lipinski definition) is 13. The zero-order valence-corrected chi connectivity index (χ0v) is 61.7. The van der Waals surface area contributed by atoms with Gasteiger partial charge in [0.05, 0.1) is 18.5 Å². The van der Waals surface area contributed by atoms with Gasteiger partial charge in [-0.25, -0.2) is 8.78 Å². The van der Waals surface area contributed by atoms with Gasteiger partial charge in [-0.3, -0.25) is 57.5 Å². The van der Waals surface area contributed by atoms with Crippen LogP contribution in [0.4, 0.5) is 8.78 Å². The Morgan fingerprint density at radius 1 is 0.660 bits per heavy atom. The van der Waals surface area contributed by atoms with E-state index in [4.69, 9.17) is 5.73 Å². The van der Waals surface area contributed by atoms with E-state index in [2.05, 4.69) is 5.32 Å². The molecule has 2 saturated heterocycles. The molecule has 554 valence electrons. The third-order valence-electron chi connectivity index (χ3n) is 21.7. The number of ketones is 1. The Hall–Kier alpha value is -7.90. The molecule has 0 unspecified atom stereocenters. The van der Waals surface area contributed by atoms with Crippen LogP contribution in [0.3, 0.4) is 0 Å². The fourth-order valence-electron chi connectivity index (χ4n) is 14.9. The van der Waals surface area contributed by atoms with Gasteiger partial charge in [0.25, 0.3) is 0 Å². The first kappa shape index (κ1) is 81.1. The van der Waals surface area contributed by atoms with Crippen molar-refractivity contribution in [1.82, 2.24) is 49.4 Å². The molecule has 10 atom stereocenters. The van der Waals surface area contributed by atoms with Crippen LogP contribution in [0.1, 0.15) is 167 Å². The molecule has 0 spiro atoms. The highest BCUT2D eigenvalue weighted by molar-refractivity contribution is 6.00. The number of nitrogens with two attached hydrogens (primary N) is 1. The lowest BCUT2D eigenvalue weighted by atomic mass is 9.83. The largest absolute Gasteiger partial charge is 0.480 e. The Kier molecular flexibility index (Phi) is 28.9. The van der Waals surface area contributed by atoms with E-state index in [-0.39, 0.29) is 88.4 Å². The van der Waals surface area contributed by atoms with E-state index in [0.717, 1.165) is 28.9 Å². The lowest BCUT2D eigenvalue weighted by Crippen LogP contribution is -2.65. The van der Waals surface area contributed by atoms with E-state index in [1.54, 1.807) is 13.8 Å². The van der Waals surface area contributed by atoms with Crippen LogP contribution in [0.15, 0.2) is 36.4 Å². The van der Waals surface area contributed by atoms with Crippen molar-refractivity contribution in [1.29, 1.82) is 0 Å². The fraction of sp³-hybridized carbons (Fsp3) is 0.676. The monoisotopic (exact) mass is 1400 g/mol. The quantitative estimate of drug-likeness (QED) is 0.0792. The maximum absolute atomic E-state index is 15.4. The second-order valence-electron chi connectivity index (χ2n) is 29.3. The Morgan fingerprint density at radius 3 is 1.80 bits per heavy atom. The number of carboxylic acid groups (broad SMARTS) is 1. The maximum Gasteiger partial charge on any atom is 0.323 e. The molecule has 4 aliphatic rings. The van der Waals surface area contributed by atoms with Crippen LogP contribution in [-0.2, 0) is 70.4 Å². The average molecular weight is 1400 g/mol. The first-order valence-corrected chi connectivity index (χ1v) is 35.8. The Morgan fingerprint density at radius 2 is 1.26 bits per heavy atom. The number of aliphatic carboxylic acids is 1. The Bertz CT molecular complexity index is 3280. The molecule has 4 fully saturated rings. The van der Waals surface area contributed by atoms with E-state index >= 15 is 9.59 Å². The predicted molar refractivity (Wildman–Crippen MR) is 372 cm³/mol. The summed E-state index contributed by atoms with van der Waals surface area (Å²) in [5.74, 6) is -10.5. The number of nitrogens with zero attached hydrogens (tertiary/aromatic N) is 9. The van der Waals surface area contributed by atoms with Crippen molar-refractivity contribution in [3.05, 3.63) is 70.3 Å². The molecule has 10 amide bonds. The molecule has 2 aromatic carbocycles. The minimum Gasteiger partial charge on any atom is -0.480 e. The van der Waals surface area contributed by atoms with E-state index in [0.29, 0.717) is 50.5 Å². The highest BCUT2D eigenvalue weighted by Gasteiger charge is 2.52. The summed E-state index contributed by atoms with van der Waals surface area (Å²) in [5.41, 5.74) is 6.87. The number of likely N-dealkylation sites (N-methyl/N-ethyl adjacent to an activating group) is 7. The zero-order chi connectivity index (χ0) is 74.5. The maximum atomic E-state index is 15.4. The van der Waals surface area contributed by atoms with Crippen molar-refractivity contribution in [2.75, 3.05) is 75.5 Å². The number of carboxylic acids is 1. The molecule has 2 heterocycles. The van der Waals surface area contributed by atoms with Gasteiger partial charge >= 0.3 is 5.97 Å². The molecular formula is C74H111F2N11O13. The topological polar surface area (TPSA) is 292 Å². The number of amides is 10. The molecule has 0 radical (unpaired) electrons. The lowest BCUT2D eigenvalue weighted by molar-refractivity contribution is -0.161. The predicted octanol–water partition coefficient (Wildman–Crippen LogP) is 5.53. The van der Waals surface area contributed by atoms with Gasteiger partial charge in [-0.15, -0.1) is 0 Å². The first-order chi connectivity index (χ1) is 47.0. The zero-order valence-electron chi connectivity index (χ0n) is 61.7. The molecule has 2 aliphatic carbocycles. The smallest absolute Gasteiger partial charge is 0.323 e. The highest BCUT2D eigenvalue weighted by atomic mass is 19.1. The Balaban J connectivity index is 1.17. The van der Waals surface area contributed by atoms with Gasteiger partial charge in [0, 0.05) is 93.3 Å². The van der Waals surface area contributed by atoms with Gasteiger partial charge in [0.2, 0.25) is 59.1 Å². The standard InChI is InChI=1S/C74H111F2N11O13/c1-16-46(6)52(67(94)81(12)48(8)66(93)87-36-32-57(87)71(98)85(17-2)60(70(97)80(11)43-63(90)91)40-49-28-26-45(5)27-29-49)41-61(88)58(37-44(3)4)82(13)62(89)42-59(69(96)79(9)10)83(14)72(99)64(51-23-18-19-24-51)84(15)73(100)74(33-20-21-34-74)78-65(92)56-25-22-35-86(56)68(95)55(77)31-30-50-38-53(75)47(7)54(76)39-50/h26-29,38-39,44,46,48,51-52,55-60,64H,16-25,30-37,40-43,77H2,1-15H3,(H,78,92)(H,90,91)/t46-,48-,52-,55-,56-,57-,58-,59-,60-,64-/m0/s1. The van der Waals surface area contributed by atoms with Gasteiger partial charge in [0.1, 0.15) is 60.0 Å². The summed E-state index contributed by atoms with van der Waals surface area (Å²) in [4.78, 5) is 185. The second kappa shape index (κ2) is 35.6. The molecule has 26 heteroatoms. The van der Waals surface area contributed by atoms with Crippen LogP contribution in [-0.4, -0.2) is 249 Å². The highest BCUT2D eigenvalue weighted by Crippen LogP contribution is 2.38. The molecule has 2 aliphatic heterocycles. The number of halogens is 2.